The molecule has 1 saturated heterocycles. The zero-order chi connectivity index (χ0) is 9.19. The van der Waals surface area contributed by atoms with Crippen molar-refractivity contribution in [3.05, 3.63) is 0 Å². The zero-order valence-electron chi connectivity index (χ0n) is 8.09. The van der Waals surface area contributed by atoms with Crippen LogP contribution in [0.2, 0.25) is 0 Å². The molecule has 0 saturated carbocycles. The first-order chi connectivity index (χ1) is 5.55. The van der Waals surface area contributed by atoms with E-state index in [1.165, 1.54) is 5.06 Å². The van der Waals surface area contributed by atoms with Crippen LogP contribution in [0.1, 0.15) is 40.0 Å². The van der Waals surface area contributed by atoms with E-state index >= 15 is 0 Å². The van der Waals surface area contributed by atoms with E-state index in [0.717, 1.165) is 19.4 Å². The lowest BCUT2D eigenvalue weighted by Gasteiger charge is -2.19. The quantitative estimate of drug-likeness (QED) is 0.647. The summed E-state index contributed by atoms with van der Waals surface area (Å²) in [5.74, 6) is 0.119. The molecule has 1 aliphatic heterocycles. The largest absolute Gasteiger partial charge is 0.272 e. The van der Waals surface area contributed by atoms with Crippen molar-refractivity contribution in [2.24, 2.45) is 0 Å². The smallest absolute Gasteiger partial charge is 0.249 e. The average Bonchev–Trinajstić information content (AvgIpc) is 2.20. The number of hydroxylamine groups is 2. The van der Waals surface area contributed by atoms with Crippen LogP contribution >= 0.6 is 0 Å². The second-order valence-electron chi connectivity index (χ2n) is 3.88. The van der Waals surface area contributed by atoms with Gasteiger partial charge < -0.3 is 0 Å². The van der Waals surface area contributed by atoms with Crippen LogP contribution in [0.5, 0.6) is 0 Å². The van der Waals surface area contributed by atoms with Crippen LogP contribution in [0.15, 0.2) is 0 Å². The first kappa shape index (κ1) is 9.52. The van der Waals surface area contributed by atoms with Gasteiger partial charge in [-0.05, 0) is 20.3 Å². The average molecular weight is 171 g/mol. The maximum absolute atomic E-state index is 11.3. The molecule has 12 heavy (non-hydrogen) atoms. The summed E-state index contributed by atoms with van der Waals surface area (Å²) >= 11 is 0. The van der Waals surface area contributed by atoms with E-state index in [4.69, 9.17) is 4.84 Å². The molecule has 3 heteroatoms. The molecule has 0 aromatic rings. The van der Waals surface area contributed by atoms with Crippen LogP contribution in [-0.4, -0.2) is 23.1 Å². The van der Waals surface area contributed by atoms with Crippen LogP contribution in [0.25, 0.3) is 0 Å². The standard InChI is InChI=1S/C9H17NO2/c1-4-5-6-10-8(11)7-9(2,3)12-10/h4-7H2,1-3H3. The Morgan fingerprint density at radius 1 is 1.58 bits per heavy atom. The van der Waals surface area contributed by atoms with Crippen molar-refractivity contribution in [1.29, 1.82) is 0 Å². The predicted molar refractivity (Wildman–Crippen MR) is 46.4 cm³/mol. The molecule has 0 bridgehead atoms. The Morgan fingerprint density at radius 3 is 2.67 bits per heavy atom. The summed E-state index contributed by atoms with van der Waals surface area (Å²) in [4.78, 5) is 16.7. The number of rotatable bonds is 3. The fourth-order valence-electron chi connectivity index (χ4n) is 1.31. The maximum Gasteiger partial charge on any atom is 0.249 e. The Labute approximate surface area is 73.6 Å². The van der Waals surface area contributed by atoms with Crippen molar-refractivity contribution in [1.82, 2.24) is 5.06 Å². The highest BCUT2D eigenvalue weighted by Gasteiger charge is 2.36. The Bertz CT molecular complexity index is 177. The number of hydrogen-bond donors (Lipinski definition) is 0. The highest BCUT2D eigenvalue weighted by molar-refractivity contribution is 5.77. The van der Waals surface area contributed by atoms with Gasteiger partial charge in [-0.1, -0.05) is 13.3 Å². The molecule has 1 heterocycles. The summed E-state index contributed by atoms with van der Waals surface area (Å²) in [5, 5.41) is 1.50. The Morgan fingerprint density at radius 2 is 2.25 bits per heavy atom. The van der Waals surface area contributed by atoms with Crippen molar-refractivity contribution in [3.63, 3.8) is 0 Å². The van der Waals surface area contributed by atoms with E-state index in [-0.39, 0.29) is 11.5 Å². The van der Waals surface area contributed by atoms with Gasteiger partial charge in [0.15, 0.2) is 0 Å². The lowest BCUT2D eigenvalue weighted by atomic mass is 10.1. The van der Waals surface area contributed by atoms with E-state index in [0.29, 0.717) is 6.42 Å². The highest BCUT2D eigenvalue weighted by Crippen LogP contribution is 2.25. The summed E-state index contributed by atoms with van der Waals surface area (Å²) in [5.41, 5.74) is -0.287. The van der Waals surface area contributed by atoms with Crippen LogP contribution in [0.4, 0.5) is 0 Å². The lowest BCUT2D eigenvalue weighted by Crippen LogP contribution is -2.26. The second-order valence-corrected chi connectivity index (χ2v) is 3.88. The van der Waals surface area contributed by atoms with Crippen LogP contribution in [0, 0.1) is 0 Å². The number of nitrogens with zero attached hydrogens (tertiary/aromatic N) is 1. The Hall–Kier alpha value is -0.570. The minimum Gasteiger partial charge on any atom is -0.272 e. The molecule has 1 rings (SSSR count). The van der Waals surface area contributed by atoms with Crippen molar-refractivity contribution in [2.75, 3.05) is 6.54 Å². The summed E-state index contributed by atoms with van der Waals surface area (Å²) < 4.78 is 0. The monoisotopic (exact) mass is 171 g/mol. The van der Waals surface area contributed by atoms with Gasteiger partial charge in [-0.2, -0.15) is 0 Å². The maximum atomic E-state index is 11.3. The normalized spacial score (nSPS) is 21.9. The van der Waals surface area contributed by atoms with Gasteiger partial charge in [0, 0.05) is 6.54 Å². The van der Waals surface area contributed by atoms with Gasteiger partial charge >= 0.3 is 0 Å². The fraction of sp³-hybridized carbons (Fsp3) is 0.889. The molecule has 1 aliphatic rings. The van der Waals surface area contributed by atoms with Crippen molar-refractivity contribution < 1.29 is 9.63 Å². The van der Waals surface area contributed by atoms with Gasteiger partial charge in [-0.3, -0.25) is 9.63 Å². The highest BCUT2D eigenvalue weighted by atomic mass is 16.7. The van der Waals surface area contributed by atoms with Crippen LogP contribution in [-0.2, 0) is 9.63 Å². The van der Waals surface area contributed by atoms with Gasteiger partial charge in [0.1, 0.15) is 0 Å². The predicted octanol–water partition coefficient (Wildman–Crippen LogP) is 1.73. The zero-order valence-corrected chi connectivity index (χ0v) is 8.09. The third-order valence-electron chi connectivity index (χ3n) is 1.93. The summed E-state index contributed by atoms with van der Waals surface area (Å²) in [6.45, 7) is 6.72. The lowest BCUT2D eigenvalue weighted by molar-refractivity contribution is -0.191. The SMILES string of the molecule is CCCCN1OC(C)(C)CC1=O. The molecule has 0 aromatic heterocycles. The molecule has 0 unspecified atom stereocenters. The summed E-state index contributed by atoms with van der Waals surface area (Å²) in [6.07, 6.45) is 2.62. The van der Waals surface area contributed by atoms with Gasteiger partial charge in [0.2, 0.25) is 5.91 Å². The molecule has 0 aromatic carbocycles. The van der Waals surface area contributed by atoms with Crippen LogP contribution < -0.4 is 0 Å². The van der Waals surface area contributed by atoms with Crippen molar-refractivity contribution in [2.45, 2.75) is 45.6 Å². The van der Waals surface area contributed by atoms with Gasteiger partial charge in [0.05, 0.1) is 12.0 Å². The first-order valence-electron chi connectivity index (χ1n) is 4.54. The molecule has 1 fully saturated rings. The van der Waals surface area contributed by atoms with Gasteiger partial charge in [0.25, 0.3) is 0 Å². The van der Waals surface area contributed by atoms with E-state index in [1.54, 1.807) is 0 Å². The Balaban J connectivity index is 2.42. The van der Waals surface area contributed by atoms with E-state index in [1.807, 2.05) is 13.8 Å². The van der Waals surface area contributed by atoms with E-state index < -0.39 is 0 Å². The number of hydrogen-bond acceptors (Lipinski definition) is 2. The molecule has 0 N–H and O–H groups in total. The number of amides is 1. The summed E-state index contributed by atoms with van der Waals surface area (Å²) in [6, 6.07) is 0. The number of unbranched alkanes of at least 4 members (excludes halogenated alkanes) is 1. The van der Waals surface area contributed by atoms with Crippen LogP contribution in [0.3, 0.4) is 0 Å². The molecule has 0 atom stereocenters. The number of carbonyl (C=O) groups is 1. The fourth-order valence-corrected chi connectivity index (χ4v) is 1.31. The third-order valence-corrected chi connectivity index (χ3v) is 1.93. The van der Waals surface area contributed by atoms with E-state index in [2.05, 4.69) is 6.92 Å². The van der Waals surface area contributed by atoms with Gasteiger partial charge in [-0.15, -0.1) is 0 Å². The summed E-state index contributed by atoms with van der Waals surface area (Å²) in [7, 11) is 0. The molecule has 0 aliphatic carbocycles. The van der Waals surface area contributed by atoms with Crippen molar-refractivity contribution >= 4 is 5.91 Å². The topological polar surface area (TPSA) is 29.5 Å². The van der Waals surface area contributed by atoms with Crippen molar-refractivity contribution in [3.8, 4) is 0 Å². The Kier molecular flexibility index (Phi) is 2.73. The molecule has 0 radical (unpaired) electrons. The number of carbonyl (C=O) groups excluding carboxylic acids is 1. The second kappa shape index (κ2) is 3.44. The molecule has 3 nitrogen and oxygen atoms in total. The molecule has 0 spiro atoms. The molecule has 1 amide bonds. The molecular weight excluding hydrogens is 154 g/mol. The minimum atomic E-state index is -0.287. The minimum absolute atomic E-state index is 0.119. The van der Waals surface area contributed by atoms with E-state index in [9.17, 15) is 4.79 Å². The molecular formula is C9H17NO2. The molecule has 70 valence electrons. The van der Waals surface area contributed by atoms with Gasteiger partial charge in [-0.25, -0.2) is 5.06 Å². The third kappa shape index (κ3) is 2.21. The first-order valence-corrected chi connectivity index (χ1v) is 4.54.